The molecule has 0 radical (unpaired) electrons. The number of ether oxygens (including phenoxy) is 2. The Labute approximate surface area is 151 Å². The largest absolute Gasteiger partial charge is 0.461 e. The van der Waals surface area contributed by atoms with Crippen LogP contribution in [0.4, 0.5) is 0 Å². The molecule has 0 saturated carbocycles. The summed E-state index contributed by atoms with van der Waals surface area (Å²) in [5.74, 6) is 0.721. The van der Waals surface area contributed by atoms with Gasteiger partial charge in [-0.3, -0.25) is 4.79 Å². The second-order valence-electron chi connectivity index (χ2n) is 5.57. The minimum absolute atomic E-state index is 0.197. The fourth-order valence-corrected chi connectivity index (χ4v) is 2.26. The van der Waals surface area contributed by atoms with Gasteiger partial charge >= 0.3 is 5.97 Å². The quantitative estimate of drug-likeness (QED) is 0.631. The molecule has 0 spiro atoms. The Morgan fingerprint density at radius 1 is 0.962 bits per heavy atom. The molecule has 5 nitrogen and oxygen atoms in total. The molecule has 0 aliphatic rings. The molecule has 2 aromatic carbocycles. The van der Waals surface area contributed by atoms with E-state index in [9.17, 15) is 4.79 Å². The van der Waals surface area contributed by atoms with Crippen LogP contribution in [0.1, 0.15) is 16.7 Å². The van der Waals surface area contributed by atoms with Crippen LogP contribution in [0.15, 0.2) is 72.9 Å². The molecule has 0 aliphatic heterocycles. The fourth-order valence-electron chi connectivity index (χ4n) is 2.26. The van der Waals surface area contributed by atoms with Crippen LogP contribution in [0.3, 0.4) is 0 Å². The number of nitrogens with zero attached hydrogens (tertiary/aromatic N) is 2. The number of benzene rings is 2. The highest BCUT2D eigenvalue weighted by Gasteiger charge is 2.06. The summed E-state index contributed by atoms with van der Waals surface area (Å²) >= 11 is 0. The maximum Gasteiger partial charge on any atom is 0.310 e. The smallest absolute Gasteiger partial charge is 0.310 e. The van der Waals surface area contributed by atoms with E-state index in [0.29, 0.717) is 17.2 Å². The van der Waals surface area contributed by atoms with Crippen molar-refractivity contribution in [3.63, 3.8) is 0 Å². The van der Waals surface area contributed by atoms with Gasteiger partial charge in [-0.1, -0.05) is 42.5 Å². The molecule has 0 amide bonds. The Bertz CT molecular complexity index is 899. The second-order valence-corrected chi connectivity index (χ2v) is 5.57. The first-order chi connectivity index (χ1) is 12.7. The van der Waals surface area contributed by atoms with Gasteiger partial charge in [-0.05, 0) is 29.3 Å². The predicted molar refractivity (Wildman–Crippen MR) is 95.4 cm³/mol. The Balaban J connectivity index is 1.52. The third-order valence-corrected chi connectivity index (χ3v) is 3.60. The normalized spacial score (nSPS) is 9.96. The van der Waals surface area contributed by atoms with Crippen molar-refractivity contribution in [3.8, 4) is 17.7 Å². The molecule has 0 aliphatic carbocycles. The van der Waals surface area contributed by atoms with Crippen LogP contribution in [0.2, 0.25) is 0 Å². The zero-order chi connectivity index (χ0) is 18.2. The number of hydrogen-bond donors (Lipinski definition) is 0. The molecule has 0 bridgehead atoms. The van der Waals surface area contributed by atoms with Gasteiger partial charge in [0.2, 0.25) is 5.88 Å². The third kappa shape index (κ3) is 4.92. The van der Waals surface area contributed by atoms with E-state index in [1.165, 1.54) is 6.20 Å². The van der Waals surface area contributed by atoms with E-state index >= 15 is 0 Å². The average molecular weight is 344 g/mol. The topological polar surface area (TPSA) is 72.2 Å². The molecule has 26 heavy (non-hydrogen) atoms. The second kappa shape index (κ2) is 8.45. The minimum atomic E-state index is -0.281. The summed E-state index contributed by atoms with van der Waals surface area (Å²) in [6.45, 7) is 0.269. The van der Waals surface area contributed by atoms with Crippen LogP contribution in [-0.2, 0) is 22.6 Å². The summed E-state index contributed by atoms with van der Waals surface area (Å²) in [4.78, 5) is 16.0. The molecule has 3 aromatic rings. The Hall–Kier alpha value is -3.65. The van der Waals surface area contributed by atoms with Gasteiger partial charge in [0.25, 0.3) is 0 Å². The van der Waals surface area contributed by atoms with Gasteiger partial charge in [0, 0.05) is 12.3 Å². The summed E-state index contributed by atoms with van der Waals surface area (Å²) in [5, 5.41) is 8.76. The van der Waals surface area contributed by atoms with Crippen LogP contribution in [0, 0.1) is 11.3 Å². The van der Waals surface area contributed by atoms with Crippen molar-refractivity contribution < 1.29 is 14.3 Å². The van der Waals surface area contributed by atoms with Gasteiger partial charge in [0.15, 0.2) is 0 Å². The first kappa shape index (κ1) is 17.2. The maximum atomic E-state index is 11.9. The lowest BCUT2D eigenvalue weighted by atomic mass is 10.1. The summed E-state index contributed by atoms with van der Waals surface area (Å²) < 4.78 is 10.9. The third-order valence-electron chi connectivity index (χ3n) is 3.60. The molecule has 1 aromatic heterocycles. The molecular weight excluding hydrogens is 328 g/mol. The van der Waals surface area contributed by atoms with E-state index in [4.69, 9.17) is 14.7 Å². The van der Waals surface area contributed by atoms with Gasteiger partial charge in [-0.25, -0.2) is 4.98 Å². The molecular formula is C21H16N2O3. The van der Waals surface area contributed by atoms with Gasteiger partial charge in [0.05, 0.1) is 12.0 Å². The number of pyridine rings is 1. The molecule has 3 rings (SSSR count). The van der Waals surface area contributed by atoms with E-state index in [1.807, 2.05) is 48.5 Å². The number of rotatable bonds is 6. The van der Waals surface area contributed by atoms with E-state index in [0.717, 1.165) is 11.1 Å². The summed E-state index contributed by atoms with van der Waals surface area (Å²) in [6.07, 6.45) is 1.65. The van der Waals surface area contributed by atoms with Gasteiger partial charge in [0.1, 0.15) is 18.4 Å². The molecule has 0 fully saturated rings. The van der Waals surface area contributed by atoms with Crippen molar-refractivity contribution in [1.29, 1.82) is 5.26 Å². The maximum absolute atomic E-state index is 11.9. The number of hydrogen-bond acceptors (Lipinski definition) is 5. The molecule has 0 saturated heterocycles. The van der Waals surface area contributed by atoms with E-state index in [-0.39, 0.29) is 19.0 Å². The Kier molecular flexibility index (Phi) is 5.58. The van der Waals surface area contributed by atoms with Crippen molar-refractivity contribution >= 4 is 5.97 Å². The average Bonchev–Trinajstić information content (AvgIpc) is 2.69. The summed E-state index contributed by atoms with van der Waals surface area (Å²) in [6, 6.07) is 22.0. The van der Waals surface area contributed by atoms with Crippen molar-refractivity contribution in [3.05, 3.63) is 89.6 Å². The van der Waals surface area contributed by atoms with Crippen molar-refractivity contribution in [2.24, 2.45) is 0 Å². The number of esters is 1. The molecule has 5 heteroatoms. The van der Waals surface area contributed by atoms with Crippen molar-refractivity contribution in [2.75, 3.05) is 0 Å². The summed E-state index contributed by atoms with van der Waals surface area (Å²) in [5.41, 5.74) is 2.27. The number of carbonyl (C=O) groups is 1. The van der Waals surface area contributed by atoms with Crippen LogP contribution in [0.5, 0.6) is 11.6 Å². The van der Waals surface area contributed by atoms with E-state index < -0.39 is 0 Å². The highest BCUT2D eigenvalue weighted by Crippen LogP contribution is 2.20. The zero-order valence-corrected chi connectivity index (χ0v) is 14.0. The molecule has 1 heterocycles. The first-order valence-corrected chi connectivity index (χ1v) is 8.05. The van der Waals surface area contributed by atoms with E-state index in [2.05, 4.69) is 4.98 Å². The molecule has 0 unspecified atom stereocenters. The first-order valence-electron chi connectivity index (χ1n) is 8.05. The van der Waals surface area contributed by atoms with Crippen molar-refractivity contribution in [2.45, 2.75) is 13.0 Å². The van der Waals surface area contributed by atoms with Crippen LogP contribution >= 0.6 is 0 Å². The Morgan fingerprint density at radius 3 is 2.38 bits per heavy atom. The zero-order valence-electron chi connectivity index (χ0n) is 14.0. The highest BCUT2D eigenvalue weighted by atomic mass is 16.5. The van der Waals surface area contributed by atoms with E-state index in [1.54, 1.807) is 24.3 Å². The molecule has 0 N–H and O–H groups in total. The predicted octanol–water partition coefficient (Wildman–Crippen LogP) is 4.03. The summed E-state index contributed by atoms with van der Waals surface area (Å²) in [7, 11) is 0. The molecule has 128 valence electrons. The minimum Gasteiger partial charge on any atom is -0.461 e. The monoisotopic (exact) mass is 344 g/mol. The fraction of sp³-hybridized carbons (Fsp3) is 0.0952. The number of carbonyl (C=O) groups excluding carboxylic acids is 1. The lowest BCUT2D eigenvalue weighted by Gasteiger charge is -2.07. The lowest BCUT2D eigenvalue weighted by molar-refractivity contribution is -0.144. The molecule has 0 atom stereocenters. The van der Waals surface area contributed by atoms with Gasteiger partial charge in [-0.2, -0.15) is 5.26 Å². The van der Waals surface area contributed by atoms with Crippen molar-refractivity contribution in [1.82, 2.24) is 4.98 Å². The van der Waals surface area contributed by atoms with Crippen LogP contribution in [0.25, 0.3) is 0 Å². The van der Waals surface area contributed by atoms with Crippen LogP contribution in [-0.4, -0.2) is 11.0 Å². The highest BCUT2D eigenvalue weighted by molar-refractivity contribution is 5.72. The number of aromatic nitrogens is 1. The SMILES string of the molecule is N#Cc1ccc(Oc2ccc(CC(=O)OCc3ccccc3)cc2)nc1. The standard InChI is InChI=1S/C21H16N2O3/c22-13-18-8-11-20(23-14-18)26-19-9-6-16(7-10-19)12-21(24)25-15-17-4-2-1-3-5-17/h1-11,14H,12,15H2. The van der Waals surface area contributed by atoms with Crippen LogP contribution < -0.4 is 4.74 Å². The number of nitriles is 1. The van der Waals surface area contributed by atoms with Gasteiger partial charge in [-0.15, -0.1) is 0 Å². The lowest BCUT2D eigenvalue weighted by Crippen LogP contribution is -2.07. The Morgan fingerprint density at radius 2 is 1.73 bits per heavy atom. The van der Waals surface area contributed by atoms with Gasteiger partial charge < -0.3 is 9.47 Å².